The standard InChI is InChI=1S/C34H54N2O9/c1-9-26(38)24(4)31-27(43-31)21-33(5,41)16-10-12-22(2)30-23(3)13-14-28(44-32(40)35-18-11-19-36(7)8)34(6,42)17-15-25(37)20-29(39)45-30/h10,12-14,16,25-28,30,37-38,41-42H,3,9,11,15,17-21H2,1-2,4-8H3,(H,35,40)/b14-13+,16-10+,22-12+,31-24-. The summed E-state index contributed by atoms with van der Waals surface area (Å²) in [6, 6.07) is 0. The van der Waals surface area contributed by atoms with Crippen molar-refractivity contribution in [3.8, 4) is 0 Å². The van der Waals surface area contributed by atoms with Gasteiger partial charge in [-0.1, -0.05) is 37.8 Å². The summed E-state index contributed by atoms with van der Waals surface area (Å²) in [5.41, 5.74) is -1.04. The Labute approximate surface area is 267 Å². The minimum Gasteiger partial charge on any atom is -0.483 e. The first-order valence-corrected chi connectivity index (χ1v) is 15.7. The highest BCUT2D eigenvalue weighted by molar-refractivity contribution is 5.71. The molecule has 2 aliphatic heterocycles. The fraction of sp³-hybridized carbons (Fsp3) is 0.647. The lowest BCUT2D eigenvalue weighted by molar-refractivity contribution is -0.148. The van der Waals surface area contributed by atoms with E-state index in [1.165, 1.54) is 13.0 Å². The Bertz CT molecular complexity index is 1150. The van der Waals surface area contributed by atoms with E-state index < -0.39 is 47.7 Å². The number of carbonyl (C=O) groups is 2. The summed E-state index contributed by atoms with van der Waals surface area (Å²) in [5.74, 6) is 0.0731. The number of carbonyl (C=O) groups excluding carboxylic acids is 2. The highest BCUT2D eigenvalue weighted by atomic mass is 16.6. The molecule has 7 unspecified atom stereocenters. The number of rotatable bonds is 12. The third-order valence-electron chi connectivity index (χ3n) is 7.96. The van der Waals surface area contributed by atoms with E-state index in [0.717, 1.165) is 18.5 Å². The third kappa shape index (κ3) is 13.1. The molecular formula is C34H54N2O9. The minimum absolute atomic E-state index is 0.0614. The number of epoxide rings is 1. The van der Waals surface area contributed by atoms with Crippen molar-refractivity contribution in [2.24, 2.45) is 0 Å². The smallest absolute Gasteiger partial charge is 0.407 e. The van der Waals surface area contributed by atoms with E-state index in [0.29, 0.717) is 36.3 Å². The van der Waals surface area contributed by atoms with E-state index in [-0.39, 0.29) is 25.4 Å². The van der Waals surface area contributed by atoms with Gasteiger partial charge >= 0.3 is 12.1 Å². The molecule has 0 spiro atoms. The fourth-order valence-electron chi connectivity index (χ4n) is 4.96. The van der Waals surface area contributed by atoms with Crippen LogP contribution in [-0.2, 0) is 19.0 Å². The van der Waals surface area contributed by atoms with E-state index >= 15 is 0 Å². The molecule has 5 N–H and O–H groups in total. The van der Waals surface area contributed by atoms with E-state index in [2.05, 4.69) is 11.9 Å². The lowest BCUT2D eigenvalue weighted by Crippen LogP contribution is -2.44. The first kappa shape index (κ1) is 38.2. The number of hydrogen-bond acceptors (Lipinski definition) is 10. The van der Waals surface area contributed by atoms with Crippen molar-refractivity contribution >= 4 is 12.1 Å². The number of ether oxygens (including phenoxy) is 3. The highest BCUT2D eigenvalue weighted by Crippen LogP contribution is 2.38. The Kier molecular flexibility index (Phi) is 14.5. The number of esters is 1. The fourth-order valence-corrected chi connectivity index (χ4v) is 4.96. The minimum atomic E-state index is -1.54. The maximum Gasteiger partial charge on any atom is 0.407 e. The van der Waals surface area contributed by atoms with Gasteiger partial charge in [-0.15, -0.1) is 0 Å². The second kappa shape index (κ2) is 17.1. The van der Waals surface area contributed by atoms with Gasteiger partial charge < -0.3 is 44.9 Å². The van der Waals surface area contributed by atoms with Crippen molar-refractivity contribution in [1.29, 1.82) is 0 Å². The Morgan fingerprint density at radius 1 is 1.33 bits per heavy atom. The van der Waals surface area contributed by atoms with Gasteiger partial charge in [0, 0.05) is 13.0 Å². The van der Waals surface area contributed by atoms with Crippen LogP contribution in [0.15, 0.2) is 59.4 Å². The molecule has 0 aromatic rings. The van der Waals surface area contributed by atoms with Crippen LogP contribution in [0.25, 0.3) is 0 Å². The number of cyclic esters (lactones) is 1. The Hall–Kier alpha value is -2.96. The zero-order valence-corrected chi connectivity index (χ0v) is 27.9. The Morgan fingerprint density at radius 2 is 2.02 bits per heavy atom. The first-order valence-electron chi connectivity index (χ1n) is 15.7. The van der Waals surface area contributed by atoms with E-state index in [4.69, 9.17) is 14.2 Å². The quantitative estimate of drug-likeness (QED) is 0.0931. The number of hydrogen-bond donors (Lipinski definition) is 5. The molecule has 0 saturated carbocycles. The number of nitrogens with one attached hydrogen (secondary N) is 1. The molecule has 11 nitrogen and oxygen atoms in total. The normalized spacial score (nSPS) is 30.4. The van der Waals surface area contributed by atoms with Gasteiger partial charge in [0.15, 0.2) is 12.2 Å². The van der Waals surface area contributed by atoms with Gasteiger partial charge in [-0.3, -0.25) is 4.79 Å². The van der Waals surface area contributed by atoms with E-state index in [9.17, 15) is 30.0 Å². The average molecular weight is 635 g/mol. The molecular weight excluding hydrogens is 580 g/mol. The largest absolute Gasteiger partial charge is 0.483 e. The van der Waals surface area contributed by atoms with Crippen LogP contribution >= 0.6 is 0 Å². The molecule has 0 aromatic heterocycles. The van der Waals surface area contributed by atoms with Crippen LogP contribution in [0, 0.1) is 0 Å². The SMILES string of the molecule is C=C1/C=C/C(OC(=O)NCCCN(C)C)C(C)(O)CCC(O)CC(=O)OC1/C(C)=C/C=C/C(C)(O)CC1O/C1=C(/C)C(O)CC. The summed E-state index contributed by atoms with van der Waals surface area (Å²) in [6.45, 7) is 13.9. The van der Waals surface area contributed by atoms with E-state index in [1.54, 1.807) is 38.2 Å². The lowest BCUT2D eigenvalue weighted by atomic mass is 9.90. The van der Waals surface area contributed by atoms with Crippen molar-refractivity contribution in [1.82, 2.24) is 10.2 Å². The molecule has 0 aliphatic carbocycles. The van der Waals surface area contributed by atoms with Crippen LogP contribution in [0.4, 0.5) is 4.79 Å². The first-order chi connectivity index (χ1) is 21.0. The number of amides is 1. The molecule has 0 radical (unpaired) electrons. The van der Waals surface area contributed by atoms with Crippen molar-refractivity contribution in [2.45, 2.75) is 115 Å². The van der Waals surface area contributed by atoms with Crippen molar-refractivity contribution in [3.05, 3.63) is 59.4 Å². The Morgan fingerprint density at radius 3 is 2.67 bits per heavy atom. The van der Waals surface area contributed by atoms with Gasteiger partial charge in [0.1, 0.15) is 17.5 Å². The van der Waals surface area contributed by atoms with Gasteiger partial charge in [0.25, 0.3) is 0 Å². The summed E-state index contributed by atoms with van der Waals surface area (Å²) >= 11 is 0. The van der Waals surface area contributed by atoms with Crippen molar-refractivity contribution in [2.75, 3.05) is 27.2 Å². The molecule has 0 aromatic carbocycles. The molecule has 1 amide bonds. The van der Waals surface area contributed by atoms with Gasteiger partial charge in [0.2, 0.25) is 0 Å². The van der Waals surface area contributed by atoms with Crippen LogP contribution in [0.5, 0.6) is 0 Å². The zero-order chi connectivity index (χ0) is 33.9. The van der Waals surface area contributed by atoms with Gasteiger partial charge in [-0.25, -0.2) is 4.79 Å². The van der Waals surface area contributed by atoms with E-state index in [1.807, 2.05) is 32.8 Å². The summed E-state index contributed by atoms with van der Waals surface area (Å²) in [7, 11) is 3.88. The third-order valence-corrected chi connectivity index (χ3v) is 7.96. The zero-order valence-electron chi connectivity index (χ0n) is 27.9. The monoisotopic (exact) mass is 634 g/mol. The Balaban J connectivity index is 2.20. The summed E-state index contributed by atoms with van der Waals surface area (Å²) in [5, 5.41) is 45.4. The molecule has 2 rings (SSSR count). The molecule has 1 saturated heterocycles. The maximum absolute atomic E-state index is 12.7. The molecule has 2 heterocycles. The number of alkyl carbamates (subject to hydrolysis) is 1. The predicted octanol–water partition coefficient (Wildman–Crippen LogP) is 3.44. The number of allylic oxidation sites excluding steroid dienone is 2. The van der Waals surface area contributed by atoms with Crippen LogP contribution in [0.3, 0.4) is 0 Å². The van der Waals surface area contributed by atoms with Gasteiger partial charge in [0.05, 0.1) is 24.2 Å². The van der Waals surface area contributed by atoms with Gasteiger partial charge in [-0.05, 0) is 96.8 Å². The summed E-state index contributed by atoms with van der Waals surface area (Å²) in [6.07, 6.45) is 4.87. The molecule has 11 heteroatoms. The lowest BCUT2D eigenvalue weighted by Gasteiger charge is -2.32. The van der Waals surface area contributed by atoms with Crippen LogP contribution in [0.1, 0.15) is 73.1 Å². The molecule has 45 heavy (non-hydrogen) atoms. The average Bonchev–Trinajstić information content (AvgIpc) is 3.71. The molecule has 7 atom stereocenters. The number of aliphatic hydroxyl groups is 4. The summed E-state index contributed by atoms with van der Waals surface area (Å²) < 4.78 is 16.9. The highest BCUT2D eigenvalue weighted by Gasteiger charge is 2.40. The van der Waals surface area contributed by atoms with Crippen molar-refractivity contribution in [3.63, 3.8) is 0 Å². The van der Waals surface area contributed by atoms with Crippen LogP contribution < -0.4 is 5.32 Å². The predicted molar refractivity (Wildman–Crippen MR) is 172 cm³/mol. The second-order valence-corrected chi connectivity index (χ2v) is 12.9. The molecule has 0 bridgehead atoms. The summed E-state index contributed by atoms with van der Waals surface area (Å²) in [4.78, 5) is 27.3. The number of aliphatic hydroxyl groups excluding tert-OH is 2. The van der Waals surface area contributed by atoms with Crippen LogP contribution in [-0.4, -0.2) is 106 Å². The van der Waals surface area contributed by atoms with Crippen molar-refractivity contribution < 1.29 is 44.2 Å². The topological polar surface area (TPSA) is 161 Å². The molecule has 2 aliphatic rings. The van der Waals surface area contributed by atoms with Crippen LogP contribution in [0.2, 0.25) is 0 Å². The molecule has 1 fully saturated rings. The second-order valence-electron chi connectivity index (χ2n) is 12.9. The maximum atomic E-state index is 12.7. The number of nitrogens with zero attached hydrogens (tertiary/aromatic N) is 1. The molecule has 254 valence electrons. The van der Waals surface area contributed by atoms with Gasteiger partial charge in [-0.2, -0.15) is 0 Å².